The first-order chi connectivity index (χ1) is 13.9. The van der Waals surface area contributed by atoms with Gasteiger partial charge in [-0.1, -0.05) is 41.5 Å². The topological polar surface area (TPSA) is 57.5 Å². The van der Waals surface area contributed by atoms with Crippen LogP contribution in [0, 0.1) is 11.7 Å². The number of benzene rings is 2. The van der Waals surface area contributed by atoms with E-state index in [4.69, 9.17) is 0 Å². The molecule has 29 heavy (non-hydrogen) atoms. The lowest BCUT2D eigenvalue weighted by Gasteiger charge is -2.31. The van der Waals surface area contributed by atoms with Gasteiger partial charge in [-0.25, -0.2) is 4.39 Å². The Kier molecular flexibility index (Phi) is 6.53. The highest BCUT2D eigenvalue weighted by atomic mass is 19.1. The largest absolute Gasteiger partial charge is 0.507 e. The van der Waals surface area contributed by atoms with Crippen LogP contribution in [0.15, 0.2) is 65.8 Å². The van der Waals surface area contributed by atoms with Crippen LogP contribution >= 0.6 is 0 Å². The molecule has 0 radical (unpaired) electrons. The number of hydrogen-bond donors (Lipinski definition) is 2. The number of allylic oxidation sites excluding steroid dienone is 4. The lowest BCUT2D eigenvalue weighted by molar-refractivity contribution is 0.0889. The molecule has 0 unspecified atom stereocenters. The van der Waals surface area contributed by atoms with Gasteiger partial charge in [0.1, 0.15) is 22.9 Å². The van der Waals surface area contributed by atoms with E-state index in [-0.39, 0.29) is 34.6 Å². The van der Waals surface area contributed by atoms with Gasteiger partial charge in [0.25, 0.3) is 0 Å². The minimum Gasteiger partial charge on any atom is -0.507 e. The maximum Gasteiger partial charge on any atom is 0.174 e. The van der Waals surface area contributed by atoms with Crippen LogP contribution in [-0.4, -0.2) is 16.0 Å². The summed E-state index contributed by atoms with van der Waals surface area (Å²) >= 11 is 0. The van der Waals surface area contributed by atoms with Crippen LogP contribution in [0.1, 0.15) is 61.4 Å². The smallest absolute Gasteiger partial charge is 0.174 e. The molecule has 4 heteroatoms. The lowest BCUT2D eigenvalue weighted by atomic mass is 9.72. The Morgan fingerprint density at radius 3 is 2.48 bits per heavy atom. The van der Waals surface area contributed by atoms with Crippen molar-refractivity contribution < 1.29 is 19.4 Å². The fourth-order valence-electron chi connectivity index (χ4n) is 4.06. The molecule has 2 aromatic carbocycles. The standard InChI is InChI=1S/C25H27FO3/c1-16(2)6-3-7-17-12-13-20(21(14-17)18-8-4-9-19(26)15-18)25(29)24-22(27)10-5-11-23(24)28/h4-6,8-12,15,20-21,27-28H,3,7,13-14H2,1-2H3/t20-,21+/m1/s1. The maximum absolute atomic E-state index is 13.9. The molecule has 0 aromatic heterocycles. The summed E-state index contributed by atoms with van der Waals surface area (Å²) in [7, 11) is 0. The average Bonchev–Trinajstić information content (AvgIpc) is 2.67. The number of carbonyl (C=O) groups excluding carboxylic acids is 1. The normalized spacial score (nSPS) is 18.8. The second kappa shape index (κ2) is 9.08. The number of hydrogen-bond acceptors (Lipinski definition) is 3. The summed E-state index contributed by atoms with van der Waals surface area (Å²) in [6.45, 7) is 4.14. The molecule has 0 saturated carbocycles. The monoisotopic (exact) mass is 394 g/mol. The zero-order valence-corrected chi connectivity index (χ0v) is 16.9. The zero-order chi connectivity index (χ0) is 21.0. The molecule has 3 nitrogen and oxygen atoms in total. The van der Waals surface area contributed by atoms with E-state index in [0.717, 1.165) is 18.4 Å². The second-order valence-corrected chi connectivity index (χ2v) is 7.93. The Bertz CT molecular complexity index is 934. The molecular formula is C25H27FO3. The van der Waals surface area contributed by atoms with Gasteiger partial charge in [-0.2, -0.15) is 0 Å². The van der Waals surface area contributed by atoms with Crippen LogP contribution < -0.4 is 0 Å². The summed E-state index contributed by atoms with van der Waals surface area (Å²) in [5, 5.41) is 20.3. The molecule has 0 spiro atoms. The van der Waals surface area contributed by atoms with Crippen molar-refractivity contribution in [3.05, 3.63) is 82.7 Å². The molecule has 0 fully saturated rings. The number of ketones is 1. The van der Waals surface area contributed by atoms with E-state index < -0.39 is 5.92 Å². The number of phenolic OH excluding ortho intramolecular Hbond substituents is 2. The lowest BCUT2D eigenvalue weighted by Crippen LogP contribution is -2.26. The van der Waals surface area contributed by atoms with Crippen molar-refractivity contribution in [3.63, 3.8) is 0 Å². The van der Waals surface area contributed by atoms with E-state index in [1.807, 2.05) is 6.07 Å². The third-order valence-corrected chi connectivity index (χ3v) is 5.53. The molecule has 0 aliphatic heterocycles. The van der Waals surface area contributed by atoms with Gasteiger partial charge in [0.2, 0.25) is 0 Å². The van der Waals surface area contributed by atoms with E-state index in [0.29, 0.717) is 12.8 Å². The SMILES string of the molecule is CC(C)=CCCC1=CC[C@@H](C(=O)c2c(O)cccc2O)[C@H](c2cccc(F)c2)C1. The maximum atomic E-state index is 13.9. The van der Waals surface area contributed by atoms with Gasteiger partial charge in [0.05, 0.1) is 0 Å². The highest BCUT2D eigenvalue weighted by Gasteiger charge is 2.35. The molecule has 0 heterocycles. The van der Waals surface area contributed by atoms with Crippen LogP contribution in [0.4, 0.5) is 4.39 Å². The van der Waals surface area contributed by atoms with Crippen molar-refractivity contribution in [2.24, 2.45) is 5.92 Å². The fourth-order valence-corrected chi connectivity index (χ4v) is 4.06. The summed E-state index contributed by atoms with van der Waals surface area (Å²) in [6.07, 6.45) is 7.27. The summed E-state index contributed by atoms with van der Waals surface area (Å²) in [6, 6.07) is 10.7. The number of Topliss-reactive ketones (excluding diaryl/α,β-unsaturated/α-hetero) is 1. The molecule has 1 aliphatic rings. The van der Waals surface area contributed by atoms with Crippen LogP contribution in [-0.2, 0) is 0 Å². The molecule has 1 aliphatic carbocycles. The minimum atomic E-state index is -0.469. The summed E-state index contributed by atoms with van der Waals surface area (Å²) < 4.78 is 13.9. The summed E-state index contributed by atoms with van der Waals surface area (Å²) in [4.78, 5) is 13.3. The minimum absolute atomic E-state index is 0.0553. The van der Waals surface area contributed by atoms with Crippen molar-refractivity contribution in [1.29, 1.82) is 0 Å². The molecule has 3 rings (SSSR count). The van der Waals surface area contributed by atoms with Crippen molar-refractivity contribution >= 4 is 5.78 Å². The highest BCUT2D eigenvalue weighted by molar-refractivity contribution is 6.03. The van der Waals surface area contributed by atoms with Crippen LogP contribution in [0.2, 0.25) is 0 Å². The van der Waals surface area contributed by atoms with Gasteiger partial charge in [-0.3, -0.25) is 4.79 Å². The molecule has 2 aromatic rings. The van der Waals surface area contributed by atoms with Crippen molar-refractivity contribution in [3.8, 4) is 11.5 Å². The van der Waals surface area contributed by atoms with Crippen molar-refractivity contribution in [2.75, 3.05) is 0 Å². The molecule has 0 saturated heterocycles. The highest BCUT2D eigenvalue weighted by Crippen LogP contribution is 2.43. The van der Waals surface area contributed by atoms with Crippen molar-refractivity contribution in [2.45, 2.75) is 45.4 Å². The van der Waals surface area contributed by atoms with E-state index in [1.54, 1.807) is 6.07 Å². The van der Waals surface area contributed by atoms with Gasteiger partial charge in [0.15, 0.2) is 5.78 Å². The van der Waals surface area contributed by atoms with Gasteiger partial charge < -0.3 is 10.2 Å². The number of phenols is 2. The predicted molar refractivity (Wildman–Crippen MR) is 113 cm³/mol. The number of carbonyl (C=O) groups is 1. The number of aromatic hydroxyl groups is 2. The van der Waals surface area contributed by atoms with Crippen LogP contribution in [0.5, 0.6) is 11.5 Å². The third kappa shape index (κ3) is 4.94. The fraction of sp³-hybridized carbons (Fsp3) is 0.320. The number of rotatable bonds is 6. The van der Waals surface area contributed by atoms with Crippen molar-refractivity contribution in [1.82, 2.24) is 0 Å². The van der Waals surface area contributed by atoms with E-state index >= 15 is 0 Å². The van der Waals surface area contributed by atoms with Gasteiger partial charge >= 0.3 is 0 Å². The predicted octanol–water partition coefficient (Wildman–Crippen LogP) is 6.29. The molecular weight excluding hydrogens is 367 g/mol. The van der Waals surface area contributed by atoms with E-state index in [9.17, 15) is 19.4 Å². The van der Waals surface area contributed by atoms with Gasteiger partial charge in [0, 0.05) is 5.92 Å². The average molecular weight is 394 g/mol. The first-order valence-corrected chi connectivity index (χ1v) is 9.98. The Morgan fingerprint density at radius 1 is 1.14 bits per heavy atom. The molecule has 0 bridgehead atoms. The quantitative estimate of drug-likeness (QED) is 0.447. The first kappa shape index (κ1) is 20.8. The van der Waals surface area contributed by atoms with E-state index in [2.05, 4.69) is 26.0 Å². The third-order valence-electron chi connectivity index (χ3n) is 5.53. The molecule has 0 amide bonds. The van der Waals surface area contributed by atoms with Crippen LogP contribution in [0.3, 0.4) is 0 Å². The first-order valence-electron chi connectivity index (χ1n) is 9.98. The summed E-state index contributed by atoms with van der Waals surface area (Å²) in [5.74, 6) is -1.78. The summed E-state index contributed by atoms with van der Waals surface area (Å²) in [5.41, 5.74) is 3.24. The molecule has 152 valence electrons. The Hall–Kier alpha value is -2.88. The van der Waals surface area contributed by atoms with E-state index in [1.165, 1.54) is 41.5 Å². The second-order valence-electron chi connectivity index (χ2n) is 7.93. The Labute approximate surface area is 171 Å². The van der Waals surface area contributed by atoms with Crippen LogP contribution in [0.25, 0.3) is 0 Å². The Morgan fingerprint density at radius 2 is 1.83 bits per heavy atom. The van der Waals surface area contributed by atoms with Gasteiger partial charge in [-0.15, -0.1) is 0 Å². The number of halogens is 1. The zero-order valence-electron chi connectivity index (χ0n) is 16.9. The van der Waals surface area contributed by atoms with Gasteiger partial charge in [-0.05, 0) is 75.3 Å². The Balaban J connectivity index is 1.94. The molecule has 2 atom stereocenters. The molecule has 2 N–H and O–H groups in total.